The molecule has 7 heteroatoms. The van der Waals surface area contributed by atoms with E-state index in [9.17, 15) is 18.4 Å². The lowest BCUT2D eigenvalue weighted by Crippen LogP contribution is -2.29. The monoisotopic (exact) mass is 385 g/mol. The molecule has 2 amide bonds. The van der Waals surface area contributed by atoms with Crippen molar-refractivity contribution in [1.29, 1.82) is 0 Å². The molecule has 0 radical (unpaired) electrons. The van der Waals surface area contributed by atoms with Gasteiger partial charge in [-0.1, -0.05) is 29.8 Å². The molecule has 0 atom stereocenters. The Morgan fingerprint density at radius 2 is 1.48 bits per heavy atom. The van der Waals surface area contributed by atoms with Crippen molar-refractivity contribution in [3.8, 4) is 11.5 Å². The molecule has 3 aromatic rings. The van der Waals surface area contributed by atoms with Gasteiger partial charge in [0, 0.05) is 6.07 Å². The molecule has 27 heavy (non-hydrogen) atoms. The maximum atomic E-state index is 14.5. The topological polar surface area (TPSA) is 46.6 Å². The van der Waals surface area contributed by atoms with Gasteiger partial charge in [0.05, 0.1) is 21.8 Å². The zero-order chi connectivity index (χ0) is 19.1. The summed E-state index contributed by atoms with van der Waals surface area (Å²) in [6.07, 6.45) is 0. The van der Waals surface area contributed by atoms with E-state index in [1.165, 1.54) is 42.5 Å². The van der Waals surface area contributed by atoms with Crippen LogP contribution >= 0.6 is 11.6 Å². The second kappa shape index (κ2) is 6.48. The van der Waals surface area contributed by atoms with Crippen LogP contribution in [-0.2, 0) is 0 Å². The van der Waals surface area contributed by atoms with Gasteiger partial charge in [-0.15, -0.1) is 0 Å². The van der Waals surface area contributed by atoms with Crippen molar-refractivity contribution in [3.05, 3.63) is 88.4 Å². The molecule has 3 aromatic carbocycles. The fraction of sp³-hybridized carbons (Fsp3) is 0. The maximum absolute atomic E-state index is 14.5. The van der Waals surface area contributed by atoms with Gasteiger partial charge in [-0.2, -0.15) is 0 Å². The van der Waals surface area contributed by atoms with Crippen LogP contribution in [0.15, 0.2) is 60.7 Å². The molecule has 1 aliphatic rings. The second-order valence-corrected chi connectivity index (χ2v) is 6.17. The van der Waals surface area contributed by atoms with Gasteiger partial charge in [-0.05, 0) is 36.4 Å². The molecular weight excluding hydrogens is 376 g/mol. The largest absolute Gasteiger partial charge is 0.451 e. The molecule has 0 aromatic heterocycles. The van der Waals surface area contributed by atoms with Crippen LogP contribution in [0.4, 0.5) is 14.5 Å². The van der Waals surface area contributed by atoms with Gasteiger partial charge < -0.3 is 4.74 Å². The van der Waals surface area contributed by atoms with Crippen molar-refractivity contribution >= 4 is 29.1 Å². The van der Waals surface area contributed by atoms with Crippen molar-refractivity contribution in [1.82, 2.24) is 0 Å². The number of benzene rings is 3. The van der Waals surface area contributed by atoms with E-state index in [0.717, 1.165) is 11.0 Å². The van der Waals surface area contributed by atoms with Crippen molar-refractivity contribution in [2.75, 3.05) is 4.90 Å². The molecule has 0 saturated carbocycles. The number of amides is 2. The molecule has 0 spiro atoms. The lowest BCUT2D eigenvalue weighted by Gasteiger charge is -2.15. The first-order valence-corrected chi connectivity index (χ1v) is 8.24. The molecule has 4 nitrogen and oxygen atoms in total. The number of hydrogen-bond acceptors (Lipinski definition) is 3. The Hall–Kier alpha value is -3.25. The quantitative estimate of drug-likeness (QED) is 0.581. The molecule has 0 saturated heterocycles. The number of carbonyl (C=O) groups is 2. The number of anilines is 1. The smallest absolute Gasteiger partial charge is 0.266 e. The van der Waals surface area contributed by atoms with Crippen LogP contribution in [0.1, 0.15) is 20.7 Å². The Kier molecular flexibility index (Phi) is 4.12. The van der Waals surface area contributed by atoms with Crippen LogP contribution in [0.2, 0.25) is 5.02 Å². The van der Waals surface area contributed by atoms with Crippen molar-refractivity contribution in [2.45, 2.75) is 0 Å². The summed E-state index contributed by atoms with van der Waals surface area (Å²) in [5.74, 6) is -3.26. The fourth-order valence-electron chi connectivity index (χ4n) is 2.82. The summed E-state index contributed by atoms with van der Waals surface area (Å²) in [5.41, 5.74) is 0.561. The van der Waals surface area contributed by atoms with Gasteiger partial charge in [-0.3, -0.25) is 9.59 Å². The molecule has 1 heterocycles. The molecule has 0 fully saturated rings. The van der Waals surface area contributed by atoms with Gasteiger partial charge in [0.25, 0.3) is 11.8 Å². The van der Waals surface area contributed by atoms with Gasteiger partial charge in [0.2, 0.25) is 0 Å². The number of carbonyl (C=O) groups excluding carboxylic acids is 2. The van der Waals surface area contributed by atoms with Gasteiger partial charge in [-0.25, -0.2) is 13.7 Å². The van der Waals surface area contributed by atoms with E-state index in [1.54, 1.807) is 12.1 Å². The number of imide groups is 1. The van der Waals surface area contributed by atoms with Crippen molar-refractivity contribution < 1.29 is 23.1 Å². The Morgan fingerprint density at radius 3 is 2.11 bits per heavy atom. The van der Waals surface area contributed by atoms with Gasteiger partial charge in [0.1, 0.15) is 0 Å². The third-order valence-corrected chi connectivity index (χ3v) is 4.40. The van der Waals surface area contributed by atoms with E-state index in [1.807, 2.05) is 0 Å². The van der Waals surface area contributed by atoms with Crippen LogP contribution in [0.5, 0.6) is 11.5 Å². The zero-order valence-electron chi connectivity index (χ0n) is 13.6. The number of halogens is 3. The molecule has 0 bridgehead atoms. The SMILES string of the molecule is O=C1c2ccccc2C(=O)N1c1ccc(Oc2cccc(Cl)c2F)c(F)c1. The van der Waals surface area contributed by atoms with E-state index < -0.39 is 23.4 Å². The number of nitrogens with zero attached hydrogens (tertiary/aromatic N) is 1. The van der Waals surface area contributed by atoms with E-state index in [0.29, 0.717) is 0 Å². The summed E-state index contributed by atoms with van der Waals surface area (Å²) in [5, 5.41) is -0.157. The molecule has 134 valence electrons. The highest BCUT2D eigenvalue weighted by Gasteiger charge is 2.36. The van der Waals surface area contributed by atoms with Crippen molar-refractivity contribution in [2.24, 2.45) is 0 Å². The lowest BCUT2D eigenvalue weighted by molar-refractivity contribution is 0.0926. The standard InChI is InChI=1S/C20H10ClF2NO3/c21-14-6-3-7-17(18(14)23)27-16-9-8-11(10-15(16)22)24-19(25)12-4-1-2-5-13(12)20(24)26/h1-10H. The van der Waals surface area contributed by atoms with Crippen LogP contribution in [0.3, 0.4) is 0 Å². The maximum Gasteiger partial charge on any atom is 0.266 e. The average Bonchev–Trinajstić information content (AvgIpc) is 2.92. The van der Waals surface area contributed by atoms with Crippen LogP contribution < -0.4 is 9.64 Å². The van der Waals surface area contributed by atoms with Crippen LogP contribution in [0.25, 0.3) is 0 Å². The number of rotatable bonds is 3. The highest BCUT2D eigenvalue weighted by atomic mass is 35.5. The summed E-state index contributed by atoms with van der Waals surface area (Å²) < 4.78 is 33.6. The Balaban J connectivity index is 1.66. The highest BCUT2D eigenvalue weighted by Crippen LogP contribution is 2.34. The van der Waals surface area contributed by atoms with E-state index >= 15 is 0 Å². The number of hydrogen-bond donors (Lipinski definition) is 0. The molecular formula is C20H10ClF2NO3. The van der Waals surface area contributed by atoms with Crippen LogP contribution in [0, 0.1) is 11.6 Å². The van der Waals surface area contributed by atoms with E-state index in [4.69, 9.17) is 16.3 Å². The van der Waals surface area contributed by atoms with E-state index in [-0.39, 0.29) is 33.3 Å². The Bertz CT molecular complexity index is 1070. The Morgan fingerprint density at radius 1 is 0.815 bits per heavy atom. The fourth-order valence-corrected chi connectivity index (χ4v) is 2.98. The van der Waals surface area contributed by atoms with Gasteiger partial charge in [0.15, 0.2) is 23.1 Å². The third kappa shape index (κ3) is 2.84. The van der Waals surface area contributed by atoms with Crippen molar-refractivity contribution in [3.63, 3.8) is 0 Å². The second-order valence-electron chi connectivity index (χ2n) is 5.76. The summed E-state index contributed by atoms with van der Waals surface area (Å²) in [7, 11) is 0. The summed E-state index contributed by atoms with van der Waals surface area (Å²) in [4.78, 5) is 25.8. The Labute approximate surface area is 157 Å². The first kappa shape index (κ1) is 17.2. The van der Waals surface area contributed by atoms with Gasteiger partial charge >= 0.3 is 0 Å². The summed E-state index contributed by atoms with van der Waals surface area (Å²) in [6, 6.07) is 14.0. The molecule has 0 N–H and O–H groups in total. The molecule has 0 unspecified atom stereocenters. The minimum atomic E-state index is -0.858. The zero-order valence-corrected chi connectivity index (χ0v) is 14.3. The molecule has 0 aliphatic carbocycles. The minimum absolute atomic E-state index is 0.0533. The third-order valence-electron chi connectivity index (χ3n) is 4.10. The first-order chi connectivity index (χ1) is 13.0. The van der Waals surface area contributed by atoms with Crippen LogP contribution in [-0.4, -0.2) is 11.8 Å². The number of fused-ring (bicyclic) bond motifs is 1. The predicted molar refractivity (Wildman–Crippen MR) is 95.5 cm³/mol. The predicted octanol–water partition coefficient (Wildman–Crippen LogP) is 5.21. The normalized spacial score (nSPS) is 13.1. The lowest BCUT2D eigenvalue weighted by atomic mass is 10.1. The minimum Gasteiger partial charge on any atom is -0.451 e. The van der Waals surface area contributed by atoms with E-state index in [2.05, 4.69) is 0 Å². The average molecular weight is 386 g/mol. The molecule has 1 aliphatic heterocycles. The molecule has 4 rings (SSSR count). The summed E-state index contributed by atoms with van der Waals surface area (Å²) >= 11 is 5.68. The first-order valence-electron chi connectivity index (χ1n) is 7.86. The summed E-state index contributed by atoms with van der Waals surface area (Å²) in [6.45, 7) is 0. The number of ether oxygens (including phenoxy) is 1. The highest BCUT2D eigenvalue weighted by molar-refractivity contribution is 6.34.